The second-order valence-electron chi connectivity index (χ2n) is 6.50. The molecule has 7 nitrogen and oxygen atoms in total. The fraction of sp³-hybridized carbons (Fsp3) is 0.190. The monoisotopic (exact) mass is 376 g/mol. The van der Waals surface area contributed by atoms with Crippen LogP contribution < -0.4 is 20.1 Å². The van der Waals surface area contributed by atoms with Crippen LogP contribution in [0, 0.1) is 13.8 Å². The minimum atomic E-state index is -0.272. The minimum Gasteiger partial charge on any atom is -0.454 e. The molecule has 0 unspecified atom stereocenters. The Labute approximate surface area is 162 Å². The molecule has 0 bridgehead atoms. The molecule has 1 aliphatic rings. The van der Waals surface area contributed by atoms with Crippen LogP contribution in [0.1, 0.15) is 27.4 Å². The molecule has 0 saturated carbocycles. The number of nitrogens with zero attached hydrogens (tertiary/aromatic N) is 2. The summed E-state index contributed by atoms with van der Waals surface area (Å²) in [4.78, 5) is 21.2. The average molecular weight is 376 g/mol. The lowest BCUT2D eigenvalue weighted by atomic mass is 10.2. The predicted molar refractivity (Wildman–Crippen MR) is 106 cm³/mol. The zero-order valence-electron chi connectivity index (χ0n) is 15.7. The van der Waals surface area contributed by atoms with Gasteiger partial charge in [-0.3, -0.25) is 4.79 Å². The van der Waals surface area contributed by atoms with E-state index in [2.05, 4.69) is 20.6 Å². The minimum absolute atomic E-state index is 0.247. The van der Waals surface area contributed by atoms with Crippen molar-refractivity contribution in [1.29, 1.82) is 0 Å². The fourth-order valence-corrected chi connectivity index (χ4v) is 2.92. The zero-order valence-corrected chi connectivity index (χ0v) is 15.7. The molecule has 1 amide bonds. The van der Waals surface area contributed by atoms with Gasteiger partial charge in [0.15, 0.2) is 11.5 Å². The van der Waals surface area contributed by atoms with Crippen LogP contribution in [0.25, 0.3) is 0 Å². The summed E-state index contributed by atoms with van der Waals surface area (Å²) in [5, 5.41) is 6.13. The third-order valence-corrected chi connectivity index (χ3v) is 4.37. The third-order valence-electron chi connectivity index (χ3n) is 4.37. The van der Waals surface area contributed by atoms with Crippen molar-refractivity contribution in [2.24, 2.45) is 0 Å². The lowest BCUT2D eigenvalue weighted by Crippen LogP contribution is -2.16. The van der Waals surface area contributed by atoms with Crippen molar-refractivity contribution < 1.29 is 14.3 Å². The van der Waals surface area contributed by atoms with Gasteiger partial charge in [-0.1, -0.05) is 24.3 Å². The largest absolute Gasteiger partial charge is 0.454 e. The predicted octanol–water partition coefficient (Wildman–Crippen LogP) is 3.69. The van der Waals surface area contributed by atoms with Crippen molar-refractivity contribution in [3.8, 4) is 11.5 Å². The molecule has 2 heterocycles. The first-order valence-corrected chi connectivity index (χ1v) is 8.93. The summed E-state index contributed by atoms with van der Waals surface area (Å²) in [5.74, 6) is 2.31. The van der Waals surface area contributed by atoms with E-state index in [4.69, 9.17) is 9.47 Å². The highest BCUT2D eigenvalue weighted by molar-refractivity contribution is 6.03. The average Bonchev–Trinajstić information content (AvgIpc) is 3.15. The molecule has 0 fully saturated rings. The van der Waals surface area contributed by atoms with Crippen LogP contribution in [0.3, 0.4) is 0 Å². The van der Waals surface area contributed by atoms with Crippen LogP contribution in [0.2, 0.25) is 0 Å². The van der Waals surface area contributed by atoms with Gasteiger partial charge in [0, 0.05) is 18.3 Å². The molecule has 0 saturated heterocycles. The third kappa shape index (κ3) is 3.88. The normalized spacial score (nSPS) is 11.9. The van der Waals surface area contributed by atoms with Gasteiger partial charge < -0.3 is 20.1 Å². The van der Waals surface area contributed by atoms with Gasteiger partial charge in [-0.2, -0.15) is 0 Å². The Kier molecular flexibility index (Phi) is 4.80. The lowest BCUT2D eigenvalue weighted by Gasteiger charge is -2.11. The summed E-state index contributed by atoms with van der Waals surface area (Å²) in [7, 11) is 0. The molecule has 2 aromatic carbocycles. The summed E-state index contributed by atoms with van der Waals surface area (Å²) in [6, 6.07) is 15.0. The molecule has 1 aliphatic heterocycles. The number of amides is 1. The lowest BCUT2D eigenvalue weighted by molar-refractivity contribution is 0.102. The highest BCUT2D eigenvalue weighted by Crippen LogP contribution is 2.32. The number of ether oxygens (including phenoxy) is 2. The van der Waals surface area contributed by atoms with E-state index in [1.54, 1.807) is 13.0 Å². The number of carbonyl (C=O) groups excluding carboxylic acids is 1. The molecular weight excluding hydrogens is 356 g/mol. The van der Waals surface area contributed by atoms with Crippen molar-refractivity contribution in [2.75, 3.05) is 17.4 Å². The van der Waals surface area contributed by atoms with Crippen molar-refractivity contribution in [1.82, 2.24) is 9.97 Å². The molecule has 0 spiro atoms. The molecule has 1 aromatic heterocycles. The van der Waals surface area contributed by atoms with Gasteiger partial charge in [-0.05, 0) is 43.2 Å². The number of benzene rings is 2. The number of rotatable bonds is 5. The van der Waals surface area contributed by atoms with E-state index in [0.717, 1.165) is 28.3 Å². The number of aromatic nitrogens is 2. The van der Waals surface area contributed by atoms with Crippen molar-refractivity contribution in [2.45, 2.75) is 20.4 Å². The maximum Gasteiger partial charge on any atom is 0.274 e. The smallest absolute Gasteiger partial charge is 0.274 e. The molecule has 0 atom stereocenters. The van der Waals surface area contributed by atoms with Gasteiger partial charge in [-0.15, -0.1) is 0 Å². The molecule has 0 radical (unpaired) electrons. The highest BCUT2D eigenvalue weighted by atomic mass is 16.7. The second kappa shape index (κ2) is 7.56. The topological polar surface area (TPSA) is 85.4 Å². The van der Waals surface area contributed by atoms with Gasteiger partial charge in [0.25, 0.3) is 5.91 Å². The molecule has 0 aliphatic carbocycles. The van der Waals surface area contributed by atoms with E-state index in [1.165, 1.54) is 0 Å². The molecule has 4 rings (SSSR count). The van der Waals surface area contributed by atoms with E-state index >= 15 is 0 Å². The molecular formula is C21H20N4O3. The standard InChI is InChI=1S/C21H20N4O3/c1-13-5-3-4-6-16(13)25-21(26)17-10-20(24-14(2)23-17)22-11-15-7-8-18-19(9-15)28-12-27-18/h3-10H,11-12H2,1-2H3,(H,25,26)(H,22,23,24). The summed E-state index contributed by atoms with van der Waals surface area (Å²) < 4.78 is 10.7. The van der Waals surface area contributed by atoms with E-state index in [9.17, 15) is 4.79 Å². The maximum atomic E-state index is 12.6. The van der Waals surface area contributed by atoms with Crippen LogP contribution in [0.5, 0.6) is 11.5 Å². The van der Waals surface area contributed by atoms with Crippen LogP contribution in [-0.4, -0.2) is 22.7 Å². The number of carbonyl (C=O) groups is 1. The first-order chi connectivity index (χ1) is 13.6. The number of hydrogen-bond donors (Lipinski definition) is 2. The first-order valence-electron chi connectivity index (χ1n) is 8.93. The number of para-hydroxylation sites is 1. The molecule has 7 heteroatoms. The molecule has 3 aromatic rings. The van der Waals surface area contributed by atoms with Crippen LogP contribution >= 0.6 is 0 Å². The van der Waals surface area contributed by atoms with E-state index in [-0.39, 0.29) is 12.7 Å². The molecule has 28 heavy (non-hydrogen) atoms. The summed E-state index contributed by atoms with van der Waals surface area (Å²) in [6.45, 7) is 4.48. The SMILES string of the molecule is Cc1nc(NCc2ccc3c(c2)OCO3)cc(C(=O)Nc2ccccc2C)n1. The number of nitrogens with one attached hydrogen (secondary N) is 2. The fourth-order valence-electron chi connectivity index (χ4n) is 2.92. The van der Waals surface area contributed by atoms with Crippen LogP contribution in [0.4, 0.5) is 11.5 Å². The Morgan fingerprint density at radius 2 is 1.86 bits per heavy atom. The Hall–Kier alpha value is -3.61. The van der Waals surface area contributed by atoms with Crippen molar-refractivity contribution in [3.05, 3.63) is 71.2 Å². The van der Waals surface area contributed by atoms with Gasteiger partial charge in [0.1, 0.15) is 17.3 Å². The number of anilines is 2. The zero-order chi connectivity index (χ0) is 19.5. The Balaban J connectivity index is 1.47. The van der Waals surface area contributed by atoms with E-state index in [1.807, 2.05) is 49.4 Å². The maximum absolute atomic E-state index is 12.6. The molecule has 2 N–H and O–H groups in total. The number of aryl methyl sites for hydroxylation is 2. The number of fused-ring (bicyclic) bond motifs is 1. The Morgan fingerprint density at radius 3 is 2.71 bits per heavy atom. The van der Waals surface area contributed by atoms with Crippen LogP contribution in [0.15, 0.2) is 48.5 Å². The molecule has 142 valence electrons. The van der Waals surface area contributed by atoms with Crippen molar-refractivity contribution >= 4 is 17.4 Å². The van der Waals surface area contributed by atoms with E-state index in [0.29, 0.717) is 23.9 Å². The van der Waals surface area contributed by atoms with E-state index < -0.39 is 0 Å². The first kappa shape index (κ1) is 17.8. The van der Waals surface area contributed by atoms with Crippen molar-refractivity contribution in [3.63, 3.8) is 0 Å². The van der Waals surface area contributed by atoms with Gasteiger partial charge in [0.2, 0.25) is 6.79 Å². The quantitative estimate of drug-likeness (QED) is 0.706. The summed E-state index contributed by atoms with van der Waals surface area (Å²) >= 11 is 0. The van der Waals surface area contributed by atoms with Gasteiger partial charge in [0.05, 0.1) is 0 Å². The Bertz CT molecular complexity index is 1040. The van der Waals surface area contributed by atoms with Crippen LogP contribution in [-0.2, 0) is 6.54 Å². The highest BCUT2D eigenvalue weighted by Gasteiger charge is 2.14. The number of hydrogen-bond acceptors (Lipinski definition) is 6. The van der Waals surface area contributed by atoms with Gasteiger partial charge in [-0.25, -0.2) is 9.97 Å². The second-order valence-corrected chi connectivity index (χ2v) is 6.50. The summed E-state index contributed by atoms with van der Waals surface area (Å²) in [6.07, 6.45) is 0. The summed E-state index contributed by atoms with van der Waals surface area (Å²) in [5.41, 5.74) is 3.08. The Morgan fingerprint density at radius 1 is 1.04 bits per heavy atom. The van der Waals surface area contributed by atoms with Gasteiger partial charge >= 0.3 is 0 Å².